The summed E-state index contributed by atoms with van der Waals surface area (Å²) in [5.74, 6) is 0. The first-order valence-corrected chi connectivity index (χ1v) is 5.90. The Hall–Kier alpha value is -0.620. The summed E-state index contributed by atoms with van der Waals surface area (Å²) in [4.78, 5) is 5.28. The van der Waals surface area contributed by atoms with E-state index in [0.29, 0.717) is 0 Å². The van der Waals surface area contributed by atoms with Crippen LogP contribution in [0.15, 0.2) is 0 Å². The van der Waals surface area contributed by atoms with Crippen molar-refractivity contribution in [3.63, 3.8) is 0 Å². The Labute approximate surface area is 95.9 Å². The van der Waals surface area contributed by atoms with Crippen LogP contribution in [0, 0.1) is 13.8 Å². The van der Waals surface area contributed by atoms with Crippen molar-refractivity contribution in [3.05, 3.63) is 15.6 Å². The zero-order valence-corrected chi connectivity index (χ0v) is 9.93. The van der Waals surface area contributed by atoms with E-state index in [4.69, 9.17) is 0 Å². The largest absolute Gasteiger partial charge is 0.406 e. The number of nitrogens with zero attached hydrogens (tertiary/aromatic N) is 1. The van der Waals surface area contributed by atoms with Crippen LogP contribution >= 0.6 is 11.3 Å². The average Bonchev–Trinajstić information content (AvgIpc) is 2.88. The van der Waals surface area contributed by atoms with Gasteiger partial charge in [0, 0.05) is 11.4 Å². The Kier molecular flexibility index (Phi) is 2.74. The van der Waals surface area contributed by atoms with E-state index < -0.39 is 11.7 Å². The lowest BCUT2D eigenvalue weighted by atomic mass is 10.2. The topological polar surface area (TPSA) is 24.9 Å². The summed E-state index contributed by atoms with van der Waals surface area (Å²) < 4.78 is 37.8. The molecule has 1 aromatic heterocycles. The Bertz CT molecular complexity index is 374. The molecule has 0 radical (unpaired) electrons. The first kappa shape index (κ1) is 11.9. The fraction of sp³-hybridized carbons (Fsp3) is 0.700. The molecule has 0 saturated heterocycles. The molecule has 90 valence electrons. The van der Waals surface area contributed by atoms with Gasteiger partial charge in [0.05, 0.1) is 5.69 Å². The van der Waals surface area contributed by atoms with Crippen molar-refractivity contribution < 1.29 is 13.2 Å². The van der Waals surface area contributed by atoms with Crippen molar-refractivity contribution in [2.24, 2.45) is 0 Å². The molecule has 1 aromatic rings. The highest BCUT2D eigenvalue weighted by atomic mass is 32.1. The third kappa shape index (κ3) is 2.08. The maximum atomic E-state index is 12.6. The molecule has 6 heteroatoms. The molecule has 2 rings (SSSR count). The zero-order valence-electron chi connectivity index (χ0n) is 9.11. The summed E-state index contributed by atoms with van der Waals surface area (Å²) in [5.41, 5.74) is -0.737. The maximum absolute atomic E-state index is 12.6. The average molecular weight is 250 g/mol. The van der Waals surface area contributed by atoms with Crippen molar-refractivity contribution in [2.45, 2.75) is 44.9 Å². The van der Waals surface area contributed by atoms with Gasteiger partial charge < -0.3 is 0 Å². The van der Waals surface area contributed by atoms with Crippen LogP contribution in [0.2, 0.25) is 0 Å². The molecule has 0 aromatic carbocycles. The van der Waals surface area contributed by atoms with E-state index in [1.165, 1.54) is 11.3 Å². The van der Waals surface area contributed by atoms with Gasteiger partial charge in [-0.05, 0) is 26.7 Å². The molecule has 1 aliphatic carbocycles. The highest BCUT2D eigenvalue weighted by Crippen LogP contribution is 2.49. The summed E-state index contributed by atoms with van der Waals surface area (Å²) in [6, 6.07) is 0. The van der Waals surface area contributed by atoms with Crippen molar-refractivity contribution in [3.8, 4) is 0 Å². The van der Waals surface area contributed by atoms with Gasteiger partial charge in [-0.1, -0.05) is 0 Å². The Morgan fingerprint density at radius 2 is 2.00 bits per heavy atom. The van der Waals surface area contributed by atoms with Crippen LogP contribution in [0.25, 0.3) is 0 Å². The van der Waals surface area contributed by atoms with Crippen LogP contribution < -0.4 is 5.32 Å². The maximum Gasteiger partial charge on any atom is 0.406 e. The summed E-state index contributed by atoms with van der Waals surface area (Å²) in [6.45, 7) is 4.00. The molecule has 1 aliphatic rings. The lowest BCUT2D eigenvalue weighted by Crippen LogP contribution is -2.44. The summed E-state index contributed by atoms with van der Waals surface area (Å²) >= 11 is 1.45. The minimum atomic E-state index is -4.14. The van der Waals surface area contributed by atoms with Gasteiger partial charge in [0.15, 0.2) is 0 Å². The first-order chi connectivity index (χ1) is 7.34. The third-order valence-corrected chi connectivity index (χ3v) is 4.02. The number of aromatic nitrogens is 1. The van der Waals surface area contributed by atoms with Crippen LogP contribution in [0.3, 0.4) is 0 Å². The number of rotatable bonds is 3. The lowest BCUT2D eigenvalue weighted by Gasteiger charge is -2.19. The number of hydrogen-bond acceptors (Lipinski definition) is 3. The van der Waals surface area contributed by atoms with Crippen molar-refractivity contribution in [1.29, 1.82) is 0 Å². The summed E-state index contributed by atoms with van der Waals surface area (Å²) in [7, 11) is 0. The highest BCUT2D eigenvalue weighted by Gasteiger charge is 2.63. The monoisotopic (exact) mass is 250 g/mol. The Morgan fingerprint density at radius 1 is 1.38 bits per heavy atom. The lowest BCUT2D eigenvalue weighted by molar-refractivity contribution is -0.166. The molecule has 0 unspecified atom stereocenters. The number of hydrogen-bond donors (Lipinski definition) is 1. The second-order valence-electron chi connectivity index (χ2n) is 4.18. The van der Waals surface area contributed by atoms with Gasteiger partial charge in [0.2, 0.25) is 0 Å². The Balaban J connectivity index is 1.98. The SMILES string of the molecule is Cc1nc(CNC2(C(F)(F)F)CC2)sc1C. The smallest absolute Gasteiger partial charge is 0.297 e. The first-order valence-electron chi connectivity index (χ1n) is 5.09. The molecule has 0 bridgehead atoms. The quantitative estimate of drug-likeness (QED) is 0.892. The van der Waals surface area contributed by atoms with Gasteiger partial charge in [0.25, 0.3) is 0 Å². The predicted molar refractivity (Wildman–Crippen MR) is 56.4 cm³/mol. The number of thiazole rings is 1. The Morgan fingerprint density at radius 3 is 2.38 bits per heavy atom. The van der Waals surface area contributed by atoms with E-state index in [2.05, 4.69) is 10.3 Å². The molecule has 2 nitrogen and oxygen atoms in total. The van der Waals surface area contributed by atoms with Gasteiger partial charge in [-0.2, -0.15) is 13.2 Å². The molecule has 1 N–H and O–H groups in total. The molecular weight excluding hydrogens is 237 g/mol. The molecule has 0 aliphatic heterocycles. The molecular formula is C10H13F3N2S. The van der Waals surface area contributed by atoms with Crippen molar-refractivity contribution in [2.75, 3.05) is 0 Å². The summed E-state index contributed by atoms with van der Waals surface area (Å²) in [6.07, 6.45) is -3.78. The van der Waals surface area contributed by atoms with E-state index in [1.807, 2.05) is 13.8 Å². The number of aryl methyl sites for hydroxylation is 2. The van der Waals surface area contributed by atoms with Crippen LogP contribution in [-0.4, -0.2) is 16.7 Å². The molecule has 1 saturated carbocycles. The molecule has 0 amide bonds. The van der Waals surface area contributed by atoms with E-state index in [-0.39, 0.29) is 19.4 Å². The highest BCUT2D eigenvalue weighted by molar-refractivity contribution is 7.11. The number of alkyl halides is 3. The minimum absolute atomic E-state index is 0.180. The van der Waals surface area contributed by atoms with Crippen molar-refractivity contribution >= 4 is 11.3 Å². The van der Waals surface area contributed by atoms with Gasteiger partial charge in [0.1, 0.15) is 10.5 Å². The molecule has 16 heavy (non-hydrogen) atoms. The van der Waals surface area contributed by atoms with Gasteiger partial charge in [-0.3, -0.25) is 5.32 Å². The second kappa shape index (κ2) is 3.70. The van der Waals surface area contributed by atoms with Gasteiger partial charge in [-0.25, -0.2) is 4.98 Å². The van der Waals surface area contributed by atoms with Gasteiger partial charge >= 0.3 is 6.18 Å². The molecule has 1 fully saturated rings. The van der Waals surface area contributed by atoms with Crippen LogP contribution in [-0.2, 0) is 6.54 Å². The number of nitrogens with one attached hydrogen (secondary N) is 1. The number of halogens is 3. The molecule has 1 heterocycles. The fourth-order valence-corrected chi connectivity index (χ4v) is 2.42. The van der Waals surface area contributed by atoms with Crippen molar-refractivity contribution in [1.82, 2.24) is 10.3 Å². The zero-order chi connectivity index (χ0) is 12.0. The normalized spacial score (nSPS) is 18.8. The minimum Gasteiger partial charge on any atom is -0.297 e. The van der Waals surface area contributed by atoms with E-state index in [9.17, 15) is 13.2 Å². The fourth-order valence-electron chi connectivity index (χ4n) is 1.55. The molecule has 0 spiro atoms. The predicted octanol–water partition coefficient (Wildman–Crippen LogP) is 2.94. The van der Waals surface area contributed by atoms with Crippen LogP contribution in [0.5, 0.6) is 0 Å². The standard InChI is InChI=1S/C10H13F3N2S/c1-6-7(2)16-8(15-6)5-14-9(3-4-9)10(11,12)13/h14H,3-5H2,1-2H3. The summed E-state index contributed by atoms with van der Waals surface area (Å²) in [5, 5.41) is 3.32. The third-order valence-electron chi connectivity index (χ3n) is 2.94. The van der Waals surface area contributed by atoms with Crippen LogP contribution in [0.4, 0.5) is 13.2 Å². The van der Waals surface area contributed by atoms with E-state index >= 15 is 0 Å². The van der Waals surface area contributed by atoms with E-state index in [1.54, 1.807) is 0 Å². The van der Waals surface area contributed by atoms with Crippen LogP contribution in [0.1, 0.15) is 28.4 Å². The van der Waals surface area contributed by atoms with E-state index in [0.717, 1.165) is 15.6 Å². The molecule has 0 atom stereocenters. The van der Waals surface area contributed by atoms with Gasteiger partial charge in [-0.15, -0.1) is 11.3 Å². The second-order valence-corrected chi connectivity index (χ2v) is 5.47.